The first-order chi connectivity index (χ1) is 26.2. The Bertz CT molecular complexity index is 3050. The molecule has 1 aliphatic heterocycles. The van der Waals surface area contributed by atoms with Crippen LogP contribution in [0.1, 0.15) is 47.9 Å². The maximum atomic E-state index is 10.3. The Morgan fingerprint density at radius 2 is 1.66 bits per heavy atom. The summed E-state index contributed by atoms with van der Waals surface area (Å²) in [5.41, 5.74) is 10.4. The molecule has 8 aromatic rings. The third kappa shape index (κ3) is 3.98. The Hall–Kier alpha value is -6.40. The molecule has 1 saturated carbocycles. The average molecular weight is 688 g/mol. The maximum absolute atomic E-state index is 10.3. The van der Waals surface area contributed by atoms with Crippen molar-refractivity contribution in [1.82, 2.24) is 14.5 Å². The molecule has 4 aliphatic rings. The van der Waals surface area contributed by atoms with E-state index in [1.165, 1.54) is 49.2 Å². The summed E-state index contributed by atoms with van der Waals surface area (Å²) >= 11 is 0. The molecule has 0 saturated heterocycles. The molecule has 4 atom stereocenters. The zero-order valence-corrected chi connectivity index (χ0v) is 29.0. The lowest BCUT2D eigenvalue weighted by Gasteiger charge is -2.33. The molecule has 6 nitrogen and oxygen atoms in total. The van der Waals surface area contributed by atoms with Crippen LogP contribution in [-0.4, -0.2) is 19.6 Å². The minimum Gasteiger partial charge on any atom is -0.508 e. The third-order valence-corrected chi connectivity index (χ3v) is 12.0. The Balaban J connectivity index is 1.23. The van der Waals surface area contributed by atoms with Crippen LogP contribution in [0.25, 0.3) is 66.0 Å². The molecule has 0 radical (unpaired) electrons. The summed E-state index contributed by atoms with van der Waals surface area (Å²) in [6, 6.07) is 34.3. The predicted octanol–water partition coefficient (Wildman–Crippen LogP) is 11.4. The van der Waals surface area contributed by atoms with Gasteiger partial charge in [-0.3, -0.25) is 4.57 Å². The highest BCUT2D eigenvalue weighted by molar-refractivity contribution is 6.15. The summed E-state index contributed by atoms with van der Waals surface area (Å²) < 4.78 is 15.9. The van der Waals surface area contributed by atoms with Gasteiger partial charge in [0, 0.05) is 28.3 Å². The molecule has 4 heterocycles. The normalized spacial score (nSPS) is 21.4. The van der Waals surface area contributed by atoms with Gasteiger partial charge in [0.25, 0.3) is 0 Å². The lowest BCUT2D eigenvalue weighted by Crippen LogP contribution is -2.24. The van der Waals surface area contributed by atoms with E-state index in [4.69, 9.17) is 19.1 Å². The molecule has 3 unspecified atom stereocenters. The zero-order valence-electron chi connectivity index (χ0n) is 29.0. The van der Waals surface area contributed by atoms with Crippen molar-refractivity contribution in [2.75, 3.05) is 0 Å². The first kappa shape index (κ1) is 29.2. The molecular formula is C47H33N3O3. The first-order valence-electron chi connectivity index (χ1n) is 18.5. The number of para-hydroxylation sites is 1. The van der Waals surface area contributed by atoms with E-state index in [2.05, 4.69) is 95.6 Å². The topological polar surface area (TPSA) is 73.3 Å². The van der Waals surface area contributed by atoms with Gasteiger partial charge in [-0.15, -0.1) is 0 Å². The van der Waals surface area contributed by atoms with Crippen LogP contribution in [0.2, 0.25) is 0 Å². The van der Waals surface area contributed by atoms with Crippen molar-refractivity contribution in [2.24, 2.45) is 11.8 Å². The van der Waals surface area contributed by atoms with Crippen LogP contribution < -0.4 is 4.74 Å². The highest BCUT2D eigenvalue weighted by Crippen LogP contribution is 2.66. The van der Waals surface area contributed by atoms with Gasteiger partial charge in [0.2, 0.25) is 5.71 Å². The van der Waals surface area contributed by atoms with E-state index in [0.717, 1.165) is 51.4 Å². The number of aliphatic hydroxyl groups excluding tert-OH is 1. The highest BCUT2D eigenvalue weighted by atomic mass is 16.5. The molecule has 254 valence electrons. The van der Waals surface area contributed by atoms with Crippen LogP contribution in [-0.2, 0) is 6.42 Å². The first-order valence-corrected chi connectivity index (χ1v) is 18.5. The van der Waals surface area contributed by atoms with E-state index in [1.54, 1.807) is 12.2 Å². The van der Waals surface area contributed by atoms with Gasteiger partial charge in [0.05, 0.1) is 22.8 Å². The molecule has 12 rings (SSSR count). The second-order valence-electron chi connectivity index (χ2n) is 14.8. The molecule has 0 spiro atoms. The summed E-state index contributed by atoms with van der Waals surface area (Å²) in [6.45, 7) is 1.82. The molecule has 0 amide bonds. The number of benzene rings is 5. The number of fused-ring (bicyclic) bond motifs is 18. The zero-order chi connectivity index (χ0) is 34.9. The van der Waals surface area contributed by atoms with E-state index in [0.29, 0.717) is 24.0 Å². The van der Waals surface area contributed by atoms with E-state index < -0.39 is 0 Å². The number of hydrogen-bond acceptors (Lipinski definition) is 5. The average Bonchev–Trinajstić information content (AvgIpc) is 3.58. The fraction of sp³-hybridized carbons (Fsp3) is 0.149. The Morgan fingerprint density at radius 1 is 0.887 bits per heavy atom. The van der Waals surface area contributed by atoms with Crippen LogP contribution in [0.3, 0.4) is 0 Å². The van der Waals surface area contributed by atoms with E-state index in [-0.39, 0.29) is 17.8 Å². The fourth-order valence-electron chi connectivity index (χ4n) is 9.58. The molecule has 1 N–H and O–H groups in total. The van der Waals surface area contributed by atoms with Crippen LogP contribution in [0.5, 0.6) is 5.75 Å². The predicted molar refractivity (Wildman–Crippen MR) is 211 cm³/mol. The number of nitrogens with zero attached hydrogens (tertiary/aromatic N) is 3. The standard InChI is InChI=1S/C47H33N3O3/c1-2-28(51)12-9-16-34-46(49-43-31-15-7-8-17-36(31)53-47(43)48-34)50-35-22-19-25-10-3-5-13-29(25)39(35)42-38-32(21-18-27-24-33(27)38)41-40-30-14-6-4-11-26(30)20-23-37(40)52-45(41)44(42)50/h2-15,17-23,27,33,41,45,51H,16,24H2,1H3/b12-9-,28-2+/t27?,33-,41?,45?/m0/s1. The van der Waals surface area contributed by atoms with Crippen molar-refractivity contribution in [2.45, 2.75) is 31.8 Å². The molecule has 5 aromatic carbocycles. The molecule has 6 heteroatoms. The molecule has 0 bridgehead atoms. The second-order valence-corrected chi connectivity index (χ2v) is 14.8. The summed E-state index contributed by atoms with van der Waals surface area (Å²) in [6.07, 6.45) is 11.5. The van der Waals surface area contributed by atoms with Crippen molar-refractivity contribution in [3.63, 3.8) is 0 Å². The lowest BCUT2D eigenvalue weighted by molar-refractivity contribution is 0.212. The fourth-order valence-corrected chi connectivity index (χ4v) is 9.58. The van der Waals surface area contributed by atoms with Crippen molar-refractivity contribution in [3.8, 4) is 11.6 Å². The Kier molecular flexibility index (Phi) is 5.83. The van der Waals surface area contributed by atoms with Gasteiger partial charge in [-0.25, -0.2) is 9.97 Å². The smallest absolute Gasteiger partial charge is 0.246 e. The number of allylic oxidation sites excluding steroid dienone is 6. The van der Waals surface area contributed by atoms with E-state index in [9.17, 15) is 5.11 Å². The number of ether oxygens (including phenoxy) is 1. The summed E-state index contributed by atoms with van der Waals surface area (Å²) in [4.78, 5) is 10.7. The minimum absolute atomic E-state index is 0.0205. The van der Waals surface area contributed by atoms with Crippen molar-refractivity contribution in [3.05, 3.63) is 161 Å². The molecule has 1 fully saturated rings. The van der Waals surface area contributed by atoms with Crippen LogP contribution in [0.4, 0.5) is 0 Å². The number of aromatic nitrogens is 3. The number of rotatable bonds is 4. The van der Waals surface area contributed by atoms with Crippen LogP contribution in [0, 0.1) is 11.8 Å². The van der Waals surface area contributed by atoms with Gasteiger partial charge in [0.15, 0.2) is 11.9 Å². The van der Waals surface area contributed by atoms with Gasteiger partial charge >= 0.3 is 0 Å². The summed E-state index contributed by atoms with van der Waals surface area (Å²) in [5, 5.41) is 17.4. The second kappa shape index (κ2) is 10.6. The van der Waals surface area contributed by atoms with Crippen molar-refractivity contribution < 1.29 is 14.3 Å². The number of aliphatic hydroxyl groups is 1. The lowest BCUT2D eigenvalue weighted by atomic mass is 9.72. The molecule has 3 aliphatic carbocycles. The van der Waals surface area contributed by atoms with Crippen LogP contribution >= 0.6 is 0 Å². The van der Waals surface area contributed by atoms with Crippen molar-refractivity contribution in [1.29, 1.82) is 0 Å². The number of hydrogen-bond donors (Lipinski definition) is 1. The molecule has 3 aromatic heterocycles. The van der Waals surface area contributed by atoms with Gasteiger partial charge in [-0.1, -0.05) is 91.0 Å². The van der Waals surface area contributed by atoms with Gasteiger partial charge in [0.1, 0.15) is 22.6 Å². The Labute approximate surface area is 304 Å². The monoisotopic (exact) mass is 687 g/mol. The summed E-state index contributed by atoms with van der Waals surface area (Å²) in [7, 11) is 0. The number of furan rings is 1. The molecular weight excluding hydrogens is 655 g/mol. The SMILES string of the molecule is C/C=C(O)\C=C/Cc1nc2oc3ccccc3c2nc1-n1c2c(c3c4ccccc4ccc31)C1=C(C=CC3C[C@H]13)C1c3c(ccc4ccccc34)OC21. The molecule has 53 heavy (non-hydrogen) atoms. The van der Waals surface area contributed by atoms with Crippen LogP contribution in [0.15, 0.2) is 143 Å². The largest absolute Gasteiger partial charge is 0.508 e. The van der Waals surface area contributed by atoms with Gasteiger partial charge in [-0.2, -0.15) is 0 Å². The quantitative estimate of drug-likeness (QED) is 0.147. The minimum atomic E-state index is -0.287. The Morgan fingerprint density at radius 3 is 2.53 bits per heavy atom. The van der Waals surface area contributed by atoms with E-state index in [1.807, 2.05) is 31.2 Å². The van der Waals surface area contributed by atoms with E-state index >= 15 is 0 Å². The van der Waals surface area contributed by atoms with Gasteiger partial charge < -0.3 is 14.3 Å². The summed E-state index contributed by atoms with van der Waals surface area (Å²) in [5.74, 6) is 2.93. The van der Waals surface area contributed by atoms with Crippen molar-refractivity contribution >= 4 is 60.2 Å². The van der Waals surface area contributed by atoms with Gasteiger partial charge in [-0.05, 0) is 94.3 Å². The third-order valence-electron chi connectivity index (χ3n) is 12.0. The maximum Gasteiger partial charge on any atom is 0.246 e. The highest BCUT2D eigenvalue weighted by Gasteiger charge is 2.53.